The number of carbonyl (C=O) groups excluding carboxylic acids is 1. The first-order valence-electron chi connectivity index (χ1n) is 8.67. The molecular weight excluding hydrogens is 336 g/mol. The lowest BCUT2D eigenvalue weighted by atomic mass is 9.95. The molecule has 1 amide bonds. The highest BCUT2D eigenvalue weighted by molar-refractivity contribution is 6.30. The molecule has 4 nitrogen and oxygen atoms in total. The number of morpholine rings is 1. The van der Waals surface area contributed by atoms with E-state index in [-0.39, 0.29) is 18.1 Å². The Morgan fingerprint density at radius 1 is 1.12 bits per heavy atom. The molecule has 0 aromatic heterocycles. The van der Waals surface area contributed by atoms with Crippen LogP contribution in [0.1, 0.15) is 22.8 Å². The average Bonchev–Trinajstić information content (AvgIpc) is 2.68. The van der Waals surface area contributed by atoms with Crippen molar-refractivity contribution in [3.05, 3.63) is 70.2 Å². The Bertz CT molecular complexity index is 763. The maximum Gasteiger partial charge on any atom is 0.240 e. The third-order valence-electron chi connectivity index (χ3n) is 5.00. The van der Waals surface area contributed by atoms with Crippen molar-refractivity contribution in [1.29, 1.82) is 0 Å². The van der Waals surface area contributed by atoms with Crippen molar-refractivity contribution in [2.75, 3.05) is 19.7 Å². The average molecular weight is 357 g/mol. The number of rotatable bonds is 2. The van der Waals surface area contributed by atoms with Crippen molar-refractivity contribution in [3.8, 4) is 0 Å². The molecule has 2 atom stereocenters. The van der Waals surface area contributed by atoms with E-state index in [4.69, 9.17) is 16.3 Å². The van der Waals surface area contributed by atoms with E-state index in [1.54, 1.807) is 0 Å². The zero-order valence-electron chi connectivity index (χ0n) is 14.0. The van der Waals surface area contributed by atoms with E-state index in [0.717, 1.165) is 18.5 Å². The fourth-order valence-corrected chi connectivity index (χ4v) is 3.70. The van der Waals surface area contributed by atoms with Gasteiger partial charge in [0.05, 0.1) is 19.2 Å². The Morgan fingerprint density at radius 2 is 1.88 bits per heavy atom. The summed E-state index contributed by atoms with van der Waals surface area (Å²) in [5, 5.41) is 4.09. The summed E-state index contributed by atoms with van der Waals surface area (Å²) >= 11 is 5.96. The number of hydrogen-bond acceptors (Lipinski definition) is 3. The predicted octanol–water partition coefficient (Wildman–Crippen LogP) is 2.95. The molecule has 2 aromatic rings. The highest BCUT2D eigenvalue weighted by Gasteiger charge is 2.31. The Balaban J connectivity index is 1.44. The van der Waals surface area contributed by atoms with Gasteiger partial charge in [-0.15, -0.1) is 0 Å². The molecule has 130 valence electrons. The third kappa shape index (κ3) is 3.56. The minimum Gasteiger partial charge on any atom is -0.370 e. The van der Waals surface area contributed by atoms with Gasteiger partial charge in [0.25, 0.3) is 0 Å². The van der Waals surface area contributed by atoms with Gasteiger partial charge in [0.15, 0.2) is 0 Å². The van der Waals surface area contributed by atoms with Gasteiger partial charge in [-0.2, -0.15) is 0 Å². The van der Waals surface area contributed by atoms with Crippen molar-refractivity contribution in [2.45, 2.75) is 25.1 Å². The zero-order chi connectivity index (χ0) is 17.2. The van der Waals surface area contributed by atoms with E-state index in [0.29, 0.717) is 24.7 Å². The molecule has 2 aromatic carbocycles. The lowest BCUT2D eigenvalue weighted by Crippen LogP contribution is -2.52. The van der Waals surface area contributed by atoms with Gasteiger partial charge in [0.1, 0.15) is 6.10 Å². The van der Waals surface area contributed by atoms with Crippen LogP contribution in [0.15, 0.2) is 48.5 Å². The van der Waals surface area contributed by atoms with E-state index >= 15 is 0 Å². The second-order valence-corrected chi connectivity index (χ2v) is 7.04. The summed E-state index contributed by atoms with van der Waals surface area (Å²) in [7, 11) is 0. The van der Waals surface area contributed by atoms with E-state index in [1.807, 2.05) is 41.3 Å². The molecule has 2 aliphatic heterocycles. The SMILES string of the molecule is O=C(C1Cc2ccccc2CN1)N1CCOC(c2ccc(Cl)cc2)C1. The van der Waals surface area contributed by atoms with E-state index < -0.39 is 0 Å². The zero-order valence-corrected chi connectivity index (χ0v) is 14.7. The van der Waals surface area contributed by atoms with Crippen molar-refractivity contribution in [3.63, 3.8) is 0 Å². The van der Waals surface area contributed by atoms with Crippen LogP contribution >= 0.6 is 11.6 Å². The Labute approximate surface area is 152 Å². The van der Waals surface area contributed by atoms with Crippen LogP contribution in [0.25, 0.3) is 0 Å². The number of amides is 1. The fourth-order valence-electron chi connectivity index (χ4n) is 3.58. The Morgan fingerprint density at radius 3 is 2.68 bits per heavy atom. The molecule has 0 saturated carbocycles. The Kier molecular flexibility index (Phi) is 4.75. The quantitative estimate of drug-likeness (QED) is 0.899. The number of carbonyl (C=O) groups is 1. The Hall–Kier alpha value is -1.88. The molecule has 5 heteroatoms. The maximum atomic E-state index is 13.0. The second kappa shape index (κ2) is 7.16. The first-order valence-corrected chi connectivity index (χ1v) is 9.04. The van der Waals surface area contributed by atoms with Gasteiger partial charge >= 0.3 is 0 Å². The summed E-state index contributed by atoms with van der Waals surface area (Å²) < 4.78 is 5.87. The number of hydrogen-bond donors (Lipinski definition) is 1. The van der Waals surface area contributed by atoms with Crippen molar-refractivity contribution >= 4 is 17.5 Å². The van der Waals surface area contributed by atoms with E-state index in [1.165, 1.54) is 11.1 Å². The van der Waals surface area contributed by atoms with Crippen LogP contribution in [0.2, 0.25) is 5.02 Å². The van der Waals surface area contributed by atoms with Gasteiger partial charge in [0, 0.05) is 18.1 Å². The smallest absolute Gasteiger partial charge is 0.240 e. The molecule has 2 unspecified atom stereocenters. The lowest BCUT2D eigenvalue weighted by Gasteiger charge is -2.36. The predicted molar refractivity (Wildman–Crippen MR) is 97.5 cm³/mol. The van der Waals surface area contributed by atoms with Gasteiger partial charge in [-0.05, 0) is 35.2 Å². The highest BCUT2D eigenvalue weighted by atomic mass is 35.5. The molecule has 1 fully saturated rings. The maximum absolute atomic E-state index is 13.0. The summed E-state index contributed by atoms with van der Waals surface area (Å²) in [4.78, 5) is 14.9. The summed E-state index contributed by atoms with van der Waals surface area (Å²) in [6, 6.07) is 15.8. The van der Waals surface area contributed by atoms with Crippen LogP contribution in [0, 0.1) is 0 Å². The first kappa shape index (κ1) is 16.6. The van der Waals surface area contributed by atoms with Gasteiger partial charge in [0.2, 0.25) is 5.91 Å². The normalized spacial score (nSPS) is 23.2. The molecule has 1 N–H and O–H groups in total. The minimum absolute atomic E-state index is 0.0918. The van der Waals surface area contributed by atoms with E-state index in [2.05, 4.69) is 17.4 Å². The standard InChI is InChI=1S/C20H21ClN2O2/c21-17-7-5-14(6-8-17)19-13-23(9-10-25-19)20(24)18-11-15-3-1-2-4-16(15)12-22-18/h1-8,18-19,22H,9-13H2. The molecule has 2 aliphatic rings. The molecule has 0 aliphatic carbocycles. The summed E-state index contributed by atoms with van der Waals surface area (Å²) in [5.74, 6) is 0.164. The highest BCUT2D eigenvalue weighted by Crippen LogP contribution is 2.25. The number of nitrogens with one attached hydrogen (secondary N) is 1. The summed E-state index contributed by atoms with van der Waals surface area (Å²) in [6.07, 6.45) is 0.656. The van der Waals surface area contributed by atoms with Crippen LogP contribution in [-0.4, -0.2) is 36.5 Å². The van der Waals surface area contributed by atoms with Crippen molar-refractivity contribution in [2.24, 2.45) is 0 Å². The number of nitrogens with zero attached hydrogens (tertiary/aromatic N) is 1. The molecule has 1 saturated heterocycles. The van der Waals surface area contributed by atoms with Gasteiger partial charge < -0.3 is 15.0 Å². The summed E-state index contributed by atoms with van der Waals surface area (Å²) in [5.41, 5.74) is 3.61. The lowest BCUT2D eigenvalue weighted by molar-refractivity contribution is -0.141. The second-order valence-electron chi connectivity index (χ2n) is 6.60. The molecule has 2 heterocycles. The van der Waals surface area contributed by atoms with Crippen LogP contribution in [0.4, 0.5) is 0 Å². The van der Waals surface area contributed by atoms with Crippen LogP contribution in [0.3, 0.4) is 0 Å². The fraction of sp³-hybridized carbons (Fsp3) is 0.350. The number of fused-ring (bicyclic) bond motifs is 1. The number of ether oxygens (including phenoxy) is 1. The molecular formula is C20H21ClN2O2. The number of halogens is 1. The molecule has 25 heavy (non-hydrogen) atoms. The largest absolute Gasteiger partial charge is 0.370 e. The topological polar surface area (TPSA) is 41.6 Å². The van der Waals surface area contributed by atoms with Crippen LogP contribution in [0.5, 0.6) is 0 Å². The van der Waals surface area contributed by atoms with Crippen LogP contribution in [-0.2, 0) is 22.5 Å². The third-order valence-corrected chi connectivity index (χ3v) is 5.25. The van der Waals surface area contributed by atoms with E-state index in [9.17, 15) is 4.79 Å². The molecule has 0 bridgehead atoms. The van der Waals surface area contributed by atoms with Gasteiger partial charge in [-0.3, -0.25) is 4.79 Å². The molecule has 0 spiro atoms. The van der Waals surface area contributed by atoms with Crippen molar-refractivity contribution < 1.29 is 9.53 Å². The minimum atomic E-state index is -0.154. The summed E-state index contributed by atoms with van der Waals surface area (Å²) in [6.45, 7) is 2.53. The monoisotopic (exact) mass is 356 g/mol. The molecule has 4 rings (SSSR count). The molecule has 0 radical (unpaired) electrons. The van der Waals surface area contributed by atoms with Crippen LogP contribution < -0.4 is 5.32 Å². The number of benzene rings is 2. The first-order chi connectivity index (χ1) is 12.2. The van der Waals surface area contributed by atoms with Gasteiger partial charge in [-0.1, -0.05) is 48.0 Å². The van der Waals surface area contributed by atoms with Gasteiger partial charge in [-0.25, -0.2) is 0 Å². The van der Waals surface area contributed by atoms with Crippen molar-refractivity contribution in [1.82, 2.24) is 10.2 Å².